The second kappa shape index (κ2) is 6.61. The molecule has 0 amide bonds. The van der Waals surface area contributed by atoms with Gasteiger partial charge >= 0.3 is 0 Å². The van der Waals surface area contributed by atoms with Crippen LogP contribution < -0.4 is 0 Å². The Bertz CT molecular complexity index is 702. The molecule has 0 unspecified atom stereocenters. The summed E-state index contributed by atoms with van der Waals surface area (Å²) < 4.78 is 10.9. The van der Waals surface area contributed by atoms with Crippen molar-refractivity contribution in [1.82, 2.24) is 20.0 Å². The SMILES string of the molecule is Cc1noc(C)c1CN1CCc2ncnc([C@H]3CCOC3)c2CC1. The summed E-state index contributed by atoms with van der Waals surface area (Å²) in [6, 6.07) is 0. The van der Waals surface area contributed by atoms with Crippen LogP contribution in [0, 0.1) is 13.8 Å². The molecule has 6 nitrogen and oxygen atoms in total. The lowest BCUT2D eigenvalue weighted by Crippen LogP contribution is -2.26. The molecule has 6 heteroatoms. The van der Waals surface area contributed by atoms with Crippen LogP contribution in [0.25, 0.3) is 0 Å². The first kappa shape index (κ1) is 15.7. The molecule has 4 rings (SSSR count). The summed E-state index contributed by atoms with van der Waals surface area (Å²) in [6.07, 6.45) is 4.79. The molecule has 2 aromatic heterocycles. The summed E-state index contributed by atoms with van der Waals surface area (Å²) in [5, 5.41) is 4.07. The molecule has 2 aromatic rings. The maximum atomic E-state index is 5.56. The quantitative estimate of drug-likeness (QED) is 0.860. The van der Waals surface area contributed by atoms with Gasteiger partial charge in [-0.15, -0.1) is 0 Å². The molecule has 0 bridgehead atoms. The predicted octanol–water partition coefficient (Wildman–Crippen LogP) is 2.19. The van der Waals surface area contributed by atoms with Gasteiger partial charge in [0.05, 0.1) is 18.0 Å². The Morgan fingerprint density at radius 3 is 2.83 bits per heavy atom. The van der Waals surface area contributed by atoms with E-state index in [0.29, 0.717) is 5.92 Å². The Labute approximate surface area is 142 Å². The Morgan fingerprint density at radius 2 is 2.08 bits per heavy atom. The van der Waals surface area contributed by atoms with Gasteiger partial charge in [-0.3, -0.25) is 4.90 Å². The highest BCUT2D eigenvalue weighted by Gasteiger charge is 2.26. The zero-order valence-electron chi connectivity index (χ0n) is 14.4. The first-order valence-electron chi connectivity index (χ1n) is 8.77. The zero-order chi connectivity index (χ0) is 16.5. The number of aryl methyl sites for hydroxylation is 2. The van der Waals surface area contributed by atoms with Crippen LogP contribution in [0.1, 0.15) is 46.3 Å². The van der Waals surface area contributed by atoms with Crippen LogP contribution in [0.4, 0.5) is 0 Å². The summed E-state index contributed by atoms with van der Waals surface area (Å²) >= 11 is 0. The molecular formula is C18H24N4O2. The van der Waals surface area contributed by atoms with Crippen molar-refractivity contribution in [2.24, 2.45) is 0 Å². The van der Waals surface area contributed by atoms with E-state index in [-0.39, 0.29) is 0 Å². The van der Waals surface area contributed by atoms with E-state index in [1.54, 1.807) is 6.33 Å². The average Bonchev–Trinajstić information content (AvgIpc) is 3.17. The molecule has 0 aromatic carbocycles. The van der Waals surface area contributed by atoms with E-state index in [1.807, 2.05) is 13.8 Å². The van der Waals surface area contributed by atoms with Gasteiger partial charge in [0.1, 0.15) is 12.1 Å². The number of hydrogen-bond acceptors (Lipinski definition) is 6. The third-order valence-corrected chi connectivity index (χ3v) is 5.29. The number of fused-ring (bicyclic) bond motifs is 1. The van der Waals surface area contributed by atoms with Crippen molar-refractivity contribution >= 4 is 0 Å². The molecule has 24 heavy (non-hydrogen) atoms. The number of rotatable bonds is 3. The van der Waals surface area contributed by atoms with Gasteiger partial charge in [-0.05, 0) is 32.3 Å². The van der Waals surface area contributed by atoms with E-state index in [2.05, 4.69) is 20.0 Å². The van der Waals surface area contributed by atoms with Gasteiger partial charge in [-0.25, -0.2) is 9.97 Å². The largest absolute Gasteiger partial charge is 0.381 e. The van der Waals surface area contributed by atoms with Gasteiger partial charge in [0.25, 0.3) is 0 Å². The standard InChI is InChI=1S/C18H24N4O2/c1-12-16(13(2)24-21-12)9-22-6-3-15-17(4-7-22)19-11-20-18(15)14-5-8-23-10-14/h11,14H,3-10H2,1-2H3/t14-/m0/s1. The molecule has 2 aliphatic heterocycles. The first-order valence-corrected chi connectivity index (χ1v) is 8.77. The molecule has 1 fully saturated rings. The molecule has 0 spiro atoms. The normalized spacial score (nSPS) is 21.7. The van der Waals surface area contributed by atoms with Crippen LogP contribution >= 0.6 is 0 Å². The fraction of sp³-hybridized carbons (Fsp3) is 0.611. The zero-order valence-corrected chi connectivity index (χ0v) is 14.4. The summed E-state index contributed by atoms with van der Waals surface area (Å²) in [6.45, 7) is 8.58. The minimum absolute atomic E-state index is 0.441. The molecule has 0 aliphatic carbocycles. The number of aromatic nitrogens is 3. The van der Waals surface area contributed by atoms with E-state index in [0.717, 1.165) is 63.6 Å². The Morgan fingerprint density at radius 1 is 1.21 bits per heavy atom. The lowest BCUT2D eigenvalue weighted by Gasteiger charge is -2.19. The monoisotopic (exact) mass is 328 g/mol. The first-order chi connectivity index (χ1) is 11.7. The highest BCUT2D eigenvalue weighted by atomic mass is 16.5. The maximum Gasteiger partial charge on any atom is 0.138 e. The average molecular weight is 328 g/mol. The van der Waals surface area contributed by atoms with E-state index in [1.165, 1.54) is 22.5 Å². The van der Waals surface area contributed by atoms with Crippen LogP contribution in [0.2, 0.25) is 0 Å². The summed E-state index contributed by atoms with van der Waals surface area (Å²) in [5.74, 6) is 1.37. The Balaban J connectivity index is 1.52. The molecule has 2 aliphatic rings. The lowest BCUT2D eigenvalue weighted by atomic mass is 9.96. The van der Waals surface area contributed by atoms with Crippen LogP contribution in [0.15, 0.2) is 10.9 Å². The smallest absolute Gasteiger partial charge is 0.138 e. The second-order valence-corrected chi connectivity index (χ2v) is 6.82. The van der Waals surface area contributed by atoms with Crippen LogP contribution in [-0.2, 0) is 24.1 Å². The van der Waals surface area contributed by atoms with Crippen LogP contribution in [0.5, 0.6) is 0 Å². The molecule has 1 saturated heterocycles. The predicted molar refractivity (Wildman–Crippen MR) is 88.9 cm³/mol. The topological polar surface area (TPSA) is 64.3 Å². The fourth-order valence-electron chi connectivity index (χ4n) is 3.81. The van der Waals surface area contributed by atoms with E-state index in [9.17, 15) is 0 Å². The number of ether oxygens (including phenoxy) is 1. The van der Waals surface area contributed by atoms with Crippen molar-refractivity contribution in [2.75, 3.05) is 26.3 Å². The third-order valence-electron chi connectivity index (χ3n) is 5.29. The third kappa shape index (κ3) is 2.96. The van der Waals surface area contributed by atoms with Crippen molar-refractivity contribution in [3.05, 3.63) is 40.3 Å². The fourth-order valence-corrected chi connectivity index (χ4v) is 3.81. The maximum absolute atomic E-state index is 5.56. The van der Waals surface area contributed by atoms with E-state index < -0.39 is 0 Å². The van der Waals surface area contributed by atoms with Crippen molar-refractivity contribution in [1.29, 1.82) is 0 Å². The van der Waals surface area contributed by atoms with Gasteiger partial charge < -0.3 is 9.26 Å². The van der Waals surface area contributed by atoms with Crippen LogP contribution in [0.3, 0.4) is 0 Å². The molecule has 1 atom stereocenters. The molecule has 0 saturated carbocycles. The molecule has 128 valence electrons. The van der Waals surface area contributed by atoms with Crippen molar-refractivity contribution in [2.45, 2.75) is 45.6 Å². The summed E-state index contributed by atoms with van der Waals surface area (Å²) in [7, 11) is 0. The van der Waals surface area contributed by atoms with Crippen molar-refractivity contribution in [3.63, 3.8) is 0 Å². The van der Waals surface area contributed by atoms with Crippen molar-refractivity contribution < 1.29 is 9.26 Å². The van der Waals surface area contributed by atoms with Gasteiger partial charge in [0, 0.05) is 49.8 Å². The van der Waals surface area contributed by atoms with Gasteiger partial charge in [0.15, 0.2) is 0 Å². The number of nitrogens with zero attached hydrogens (tertiary/aromatic N) is 4. The van der Waals surface area contributed by atoms with E-state index >= 15 is 0 Å². The Kier molecular flexibility index (Phi) is 4.33. The van der Waals surface area contributed by atoms with Gasteiger partial charge in [0.2, 0.25) is 0 Å². The Hall–Kier alpha value is -1.79. The van der Waals surface area contributed by atoms with Gasteiger partial charge in [-0.1, -0.05) is 5.16 Å². The minimum Gasteiger partial charge on any atom is -0.381 e. The van der Waals surface area contributed by atoms with E-state index in [4.69, 9.17) is 9.26 Å². The molecule has 0 radical (unpaired) electrons. The highest BCUT2D eigenvalue weighted by Crippen LogP contribution is 2.29. The van der Waals surface area contributed by atoms with Crippen molar-refractivity contribution in [3.8, 4) is 0 Å². The molecular weight excluding hydrogens is 304 g/mol. The second-order valence-electron chi connectivity index (χ2n) is 6.82. The summed E-state index contributed by atoms with van der Waals surface area (Å²) in [4.78, 5) is 11.7. The van der Waals surface area contributed by atoms with Gasteiger partial charge in [-0.2, -0.15) is 0 Å². The highest BCUT2D eigenvalue weighted by molar-refractivity contribution is 5.30. The molecule has 4 heterocycles. The summed E-state index contributed by atoms with van der Waals surface area (Å²) in [5.41, 5.74) is 6.01. The molecule has 0 N–H and O–H groups in total. The lowest BCUT2D eigenvalue weighted by molar-refractivity contribution is 0.193. The van der Waals surface area contributed by atoms with Crippen LogP contribution in [-0.4, -0.2) is 46.3 Å². The number of hydrogen-bond donors (Lipinski definition) is 0. The minimum atomic E-state index is 0.441.